The van der Waals surface area contributed by atoms with Crippen LogP contribution in [0.3, 0.4) is 0 Å². The number of H-pyrrole nitrogens is 1. The van der Waals surface area contributed by atoms with Crippen molar-refractivity contribution in [1.29, 1.82) is 0 Å². The van der Waals surface area contributed by atoms with Crippen LogP contribution in [0, 0.1) is 0 Å². The second-order valence-corrected chi connectivity index (χ2v) is 8.64. The lowest BCUT2D eigenvalue weighted by molar-refractivity contribution is -0.130. The fraction of sp³-hybridized carbons (Fsp3) is 0.348. The molecule has 0 spiro atoms. The Kier molecular flexibility index (Phi) is 6.66. The molecule has 1 fully saturated rings. The quantitative estimate of drug-likeness (QED) is 0.505. The molecule has 3 N–H and O–H groups in total. The first-order chi connectivity index (χ1) is 15.1. The minimum atomic E-state index is -0.740. The van der Waals surface area contributed by atoms with E-state index in [1.165, 1.54) is 11.3 Å². The molecule has 0 saturated carbocycles. The van der Waals surface area contributed by atoms with Crippen molar-refractivity contribution in [3.63, 3.8) is 0 Å². The number of fused-ring (bicyclic) bond motifs is 1. The van der Waals surface area contributed by atoms with Crippen LogP contribution in [0.15, 0.2) is 48.0 Å². The first-order valence-electron chi connectivity index (χ1n) is 10.6. The van der Waals surface area contributed by atoms with Crippen LogP contribution in [0.25, 0.3) is 10.9 Å². The second kappa shape index (κ2) is 9.78. The molecule has 3 amide bonds. The van der Waals surface area contributed by atoms with Crippen LogP contribution >= 0.6 is 11.3 Å². The molecule has 3 heterocycles. The Hall–Kier alpha value is -3.13. The Morgan fingerprint density at radius 2 is 1.90 bits per heavy atom. The van der Waals surface area contributed by atoms with Crippen molar-refractivity contribution in [3.8, 4) is 0 Å². The number of carbonyl (C=O) groups is 3. The van der Waals surface area contributed by atoms with Crippen LogP contribution < -0.4 is 10.6 Å². The molecule has 1 atom stereocenters. The fourth-order valence-corrected chi connectivity index (χ4v) is 4.53. The molecule has 8 heteroatoms. The average Bonchev–Trinajstić information content (AvgIpc) is 3.55. The number of hydrogen-bond donors (Lipinski definition) is 3. The molecule has 1 aliphatic rings. The van der Waals surface area contributed by atoms with Crippen molar-refractivity contribution in [1.82, 2.24) is 20.5 Å². The third-order valence-electron chi connectivity index (χ3n) is 5.56. The fourth-order valence-electron chi connectivity index (χ4n) is 3.91. The average molecular weight is 439 g/mol. The number of aromatic nitrogens is 1. The Morgan fingerprint density at radius 1 is 1.10 bits per heavy atom. The lowest BCUT2D eigenvalue weighted by Crippen LogP contribution is -2.48. The molecule has 0 aliphatic carbocycles. The van der Waals surface area contributed by atoms with Gasteiger partial charge in [0.15, 0.2) is 0 Å². The van der Waals surface area contributed by atoms with Gasteiger partial charge in [0.1, 0.15) is 6.04 Å². The smallest absolute Gasteiger partial charge is 0.262 e. The molecule has 7 nitrogen and oxygen atoms in total. The number of rotatable bonds is 8. The van der Waals surface area contributed by atoms with E-state index in [4.69, 9.17) is 0 Å². The number of nitrogens with one attached hydrogen (secondary N) is 3. The highest BCUT2D eigenvalue weighted by atomic mass is 32.1. The Labute approximate surface area is 184 Å². The van der Waals surface area contributed by atoms with Crippen molar-refractivity contribution in [3.05, 3.63) is 58.4 Å². The molecule has 2 aromatic heterocycles. The van der Waals surface area contributed by atoms with Gasteiger partial charge in [-0.25, -0.2) is 0 Å². The lowest BCUT2D eigenvalue weighted by atomic mass is 10.0. The molecular formula is C23H26N4O3S. The monoisotopic (exact) mass is 438 g/mol. The zero-order chi connectivity index (χ0) is 21.6. The first kappa shape index (κ1) is 21.1. The van der Waals surface area contributed by atoms with Gasteiger partial charge in [0.25, 0.3) is 5.91 Å². The van der Waals surface area contributed by atoms with Gasteiger partial charge in [-0.2, -0.15) is 0 Å². The predicted molar refractivity (Wildman–Crippen MR) is 121 cm³/mol. The Bertz CT molecular complexity index is 1050. The summed E-state index contributed by atoms with van der Waals surface area (Å²) in [4.78, 5) is 43.4. The van der Waals surface area contributed by atoms with Gasteiger partial charge < -0.3 is 20.5 Å². The largest absolute Gasteiger partial charge is 0.361 e. The summed E-state index contributed by atoms with van der Waals surface area (Å²) in [5, 5.41) is 8.56. The van der Waals surface area contributed by atoms with Gasteiger partial charge >= 0.3 is 0 Å². The number of likely N-dealkylation sites (tertiary alicyclic amines) is 1. The highest BCUT2D eigenvalue weighted by molar-refractivity contribution is 7.12. The van der Waals surface area contributed by atoms with Crippen molar-refractivity contribution in [2.45, 2.75) is 31.7 Å². The van der Waals surface area contributed by atoms with Gasteiger partial charge in [0.2, 0.25) is 11.8 Å². The predicted octanol–water partition coefficient (Wildman–Crippen LogP) is 2.70. The number of nitrogens with zero attached hydrogens (tertiary/aromatic N) is 1. The maximum absolute atomic E-state index is 13.0. The molecule has 1 unspecified atom stereocenters. The van der Waals surface area contributed by atoms with Crippen LogP contribution in [-0.4, -0.2) is 53.3 Å². The number of para-hydroxylation sites is 1. The Morgan fingerprint density at radius 3 is 2.68 bits per heavy atom. The summed E-state index contributed by atoms with van der Waals surface area (Å²) in [7, 11) is 0. The highest BCUT2D eigenvalue weighted by Gasteiger charge is 2.24. The molecule has 1 aliphatic heterocycles. The second-order valence-electron chi connectivity index (χ2n) is 7.70. The van der Waals surface area contributed by atoms with E-state index in [2.05, 4.69) is 15.6 Å². The summed E-state index contributed by atoms with van der Waals surface area (Å²) in [6.07, 6.45) is 4.58. The number of benzene rings is 1. The van der Waals surface area contributed by atoms with Gasteiger partial charge in [0.05, 0.1) is 4.88 Å². The van der Waals surface area contributed by atoms with Gasteiger partial charge in [0, 0.05) is 49.6 Å². The first-order valence-corrected chi connectivity index (χ1v) is 11.4. The van der Waals surface area contributed by atoms with Gasteiger partial charge in [-0.15, -0.1) is 11.3 Å². The molecule has 3 aromatic rings. The number of carbonyl (C=O) groups excluding carboxylic acids is 3. The molecular weight excluding hydrogens is 412 g/mol. The third-order valence-corrected chi connectivity index (χ3v) is 6.43. The minimum absolute atomic E-state index is 0.0635. The van der Waals surface area contributed by atoms with E-state index in [0.29, 0.717) is 11.3 Å². The van der Waals surface area contributed by atoms with Crippen molar-refractivity contribution in [2.24, 2.45) is 0 Å². The van der Waals surface area contributed by atoms with Crippen LogP contribution in [0.1, 0.15) is 34.5 Å². The summed E-state index contributed by atoms with van der Waals surface area (Å²) in [6.45, 7) is 1.85. The Balaban J connectivity index is 1.42. The van der Waals surface area contributed by atoms with Crippen molar-refractivity contribution in [2.75, 3.05) is 19.6 Å². The summed E-state index contributed by atoms with van der Waals surface area (Å²) >= 11 is 1.33. The van der Waals surface area contributed by atoms with Crippen LogP contribution in [-0.2, 0) is 16.0 Å². The zero-order valence-electron chi connectivity index (χ0n) is 17.2. The number of amides is 3. The van der Waals surface area contributed by atoms with Gasteiger partial charge in [-0.1, -0.05) is 24.3 Å². The minimum Gasteiger partial charge on any atom is -0.361 e. The molecule has 31 heavy (non-hydrogen) atoms. The van der Waals surface area contributed by atoms with Gasteiger partial charge in [-0.05, 0) is 35.9 Å². The van der Waals surface area contributed by atoms with E-state index >= 15 is 0 Å². The van der Waals surface area contributed by atoms with Crippen molar-refractivity contribution < 1.29 is 14.4 Å². The van der Waals surface area contributed by atoms with E-state index in [1.807, 2.05) is 40.7 Å². The zero-order valence-corrected chi connectivity index (χ0v) is 18.0. The number of thiophene rings is 1. The number of hydrogen-bond acceptors (Lipinski definition) is 4. The normalized spacial score (nSPS) is 14.5. The summed E-state index contributed by atoms with van der Waals surface area (Å²) < 4.78 is 0. The van der Waals surface area contributed by atoms with E-state index in [0.717, 1.165) is 42.4 Å². The summed E-state index contributed by atoms with van der Waals surface area (Å²) in [5.74, 6) is -0.499. The maximum atomic E-state index is 13.0. The standard InChI is InChI=1S/C23H26N4O3S/c28-21(27-11-3-4-12-27)9-10-24-22(29)19(26-23(30)20-8-5-13-31-20)14-16-15-25-18-7-2-1-6-17(16)18/h1-2,5-8,13,15,19,25H,3-4,9-12,14H2,(H,24,29)(H,26,30). The molecule has 162 valence electrons. The van der Waals surface area contributed by atoms with E-state index < -0.39 is 6.04 Å². The van der Waals surface area contributed by atoms with E-state index in [-0.39, 0.29) is 30.7 Å². The third kappa shape index (κ3) is 5.14. The van der Waals surface area contributed by atoms with Crippen LogP contribution in [0.2, 0.25) is 0 Å². The molecule has 4 rings (SSSR count). The van der Waals surface area contributed by atoms with Crippen LogP contribution in [0.5, 0.6) is 0 Å². The lowest BCUT2D eigenvalue weighted by Gasteiger charge is -2.19. The summed E-state index contributed by atoms with van der Waals surface area (Å²) in [5.41, 5.74) is 1.94. The molecule has 1 aromatic carbocycles. The maximum Gasteiger partial charge on any atom is 0.262 e. The number of aromatic amines is 1. The SMILES string of the molecule is O=C(NC(Cc1c[nH]c2ccccc12)C(=O)NCCC(=O)N1CCCC1)c1cccs1. The molecule has 0 bridgehead atoms. The molecule has 0 radical (unpaired) electrons. The summed E-state index contributed by atoms with van der Waals surface area (Å²) in [6, 6.07) is 10.7. The van der Waals surface area contributed by atoms with E-state index in [1.54, 1.807) is 12.1 Å². The van der Waals surface area contributed by atoms with Gasteiger partial charge in [-0.3, -0.25) is 14.4 Å². The van der Waals surface area contributed by atoms with E-state index in [9.17, 15) is 14.4 Å². The van der Waals surface area contributed by atoms with Crippen molar-refractivity contribution >= 4 is 40.0 Å². The molecule has 1 saturated heterocycles. The highest BCUT2D eigenvalue weighted by Crippen LogP contribution is 2.19. The van der Waals surface area contributed by atoms with Crippen LogP contribution in [0.4, 0.5) is 0 Å². The topological polar surface area (TPSA) is 94.3 Å².